The van der Waals surface area contributed by atoms with Gasteiger partial charge in [0.2, 0.25) is 5.91 Å². The average molecular weight is 240 g/mol. The highest BCUT2D eigenvalue weighted by Crippen LogP contribution is 2.41. The number of aliphatic hydroxyl groups is 1. The van der Waals surface area contributed by atoms with Gasteiger partial charge in [-0.2, -0.15) is 5.26 Å². The van der Waals surface area contributed by atoms with Crippen LogP contribution in [-0.2, 0) is 4.79 Å². The Morgan fingerprint density at radius 2 is 2.47 bits per heavy atom. The zero-order valence-corrected chi connectivity index (χ0v) is 9.40. The number of β-amino-alcohol motifs (C(OH)–C–C–N with tert-alkyl or cyclic N) is 1. The Bertz CT molecular complexity index is 436. The summed E-state index contributed by atoms with van der Waals surface area (Å²) < 4.78 is 0.986. The van der Waals surface area contributed by atoms with Crippen molar-refractivity contribution >= 4 is 34.7 Å². The Morgan fingerprint density at radius 3 is 3.13 bits per heavy atom. The molecule has 0 aromatic carbocycles. The second-order valence-corrected chi connectivity index (χ2v) is 5.25. The summed E-state index contributed by atoms with van der Waals surface area (Å²) in [6, 6.07) is 3.77. The molecule has 1 aliphatic heterocycles. The number of rotatable bonds is 2. The van der Waals surface area contributed by atoms with E-state index in [0.29, 0.717) is 17.2 Å². The van der Waals surface area contributed by atoms with Crippen LogP contribution in [0.5, 0.6) is 0 Å². The molecule has 0 bridgehead atoms. The van der Waals surface area contributed by atoms with Gasteiger partial charge in [0.15, 0.2) is 0 Å². The summed E-state index contributed by atoms with van der Waals surface area (Å²) >= 11 is 2.85. The summed E-state index contributed by atoms with van der Waals surface area (Å²) in [6.07, 6.45) is 0. The van der Waals surface area contributed by atoms with Crippen LogP contribution < -0.4 is 4.90 Å². The first kappa shape index (κ1) is 10.5. The molecule has 0 radical (unpaired) electrons. The molecule has 1 amide bonds. The number of anilines is 1. The van der Waals surface area contributed by atoms with Crippen LogP contribution in [0.3, 0.4) is 0 Å². The van der Waals surface area contributed by atoms with Gasteiger partial charge in [0.1, 0.15) is 10.9 Å². The number of nitriles is 1. The minimum atomic E-state index is -0.0619. The number of aliphatic hydroxyl groups excluding tert-OH is 1. The summed E-state index contributed by atoms with van der Waals surface area (Å²) in [6.45, 7) is 0.238. The molecule has 1 aromatic rings. The van der Waals surface area contributed by atoms with E-state index in [4.69, 9.17) is 10.4 Å². The highest BCUT2D eigenvalue weighted by atomic mass is 32.2. The van der Waals surface area contributed by atoms with E-state index in [0.717, 1.165) is 9.90 Å². The summed E-state index contributed by atoms with van der Waals surface area (Å²) in [5.41, 5.74) is 0.770. The van der Waals surface area contributed by atoms with Crippen molar-refractivity contribution < 1.29 is 9.90 Å². The Kier molecular flexibility index (Phi) is 2.95. The first-order valence-electron chi connectivity index (χ1n) is 4.34. The van der Waals surface area contributed by atoms with E-state index < -0.39 is 0 Å². The van der Waals surface area contributed by atoms with Gasteiger partial charge in [0.25, 0.3) is 0 Å². The maximum atomic E-state index is 11.6. The third-order valence-corrected chi connectivity index (χ3v) is 4.32. The Balaban J connectivity index is 2.38. The maximum absolute atomic E-state index is 11.6. The van der Waals surface area contributed by atoms with Gasteiger partial charge < -0.3 is 10.0 Å². The van der Waals surface area contributed by atoms with E-state index in [2.05, 4.69) is 6.07 Å². The van der Waals surface area contributed by atoms with Crippen molar-refractivity contribution in [1.29, 1.82) is 5.26 Å². The quantitative estimate of drug-likeness (QED) is 0.839. The Morgan fingerprint density at radius 1 is 1.67 bits per heavy atom. The van der Waals surface area contributed by atoms with Crippen LogP contribution in [0.2, 0.25) is 0 Å². The molecule has 2 rings (SSSR count). The van der Waals surface area contributed by atoms with Gasteiger partial charge in [-0.15, -0.1) is 23.1 Å². The molecule has 0 fully saturated rings. The number of amides is 1. The molecule has 0 spiro atoms. The van der Waals surface area contributed by atoms with E-state index in [1.165, 1.54) is 23.1 Å². The minimum absolute atomic E-state index is 0.0103. The second-order valence-electron chi connectivity index (χ2n) is 2.95. The number of thiophene rings is 1. The molecular weight excluding hydrogens is 232 g/mol. The van der Waals surface area contributed by atoms with Crippen LogP contribution in [0.15, 0.2) is 10.3 Å². The van der Waals surface area contributed by atoms with Crippen LogP contribution in [0.4, 0.5) is 5.69 Å². The summed E-state index contributed by atoms with van der Waals surface area (Å²) in [7, 11) is 0. The van der Waals surface area contributed by atoms with Crippen molar-refractivity contribution in [3.63, 3.8) is 0 Å². The zero-order chi connectivity index (χ0) is 10.8. The Hall–Kier alpha value is -1.03. The van der Waals surface area contributed by atoms with Crippen LogP contribution in [0.1, 0.15) is 4.88 Å². The SMILES string of the molecule is N#Cc1cc2c(s1)SCC(=O)N2CCO. The van der Waals surface area contributed by atoms with E-state index >= 15 is 0 Å². The van der Waals surface area contributed by atoms with Gasteiger partial charge in [-0.1, -0.05) is 0 Å². The van der Waals surface area contributed by atoms with Crippen LogP contribution in [0, 0.1) is 11.3 Å². The molecule has 6 heteroatoms. The van der Waals surface area contributed by atoms with Crippen molar-refractivity contribution in [2.45, 2.75) is 4.21 Å². The number of hydrogen-bond acceptors (Lipinski definition) is 5. The maximum Gasteiger partial charge on any atom is 0.237 e. The molecule has 1 N–H and O–H groups in total. The van der Waals surface area contributed by atoms with Crippen molar-refractivity contribution in [1.82, 2.24) is 0 Å². The van der Waals surface area contributed by atoms with E-state index in [1.54, 1.807) is 11.0 Å². The number of fused-ring (bicyclic) bond motifs is 1. The summed E-state index contributed by atoms with van der Waals surface area (Å²) in [4.78, 5) is 13.7. The van der Waals surface area contributed by atoms with Crippen LogP contribution >= 0.6 is 23.1 Å². The fourth-order valence-electron chi connectivity index (χ4n) is 1.40. The van der Waals surface area contributed by atoms with Gasteiger partial charge in [0, 0.05) is 6.54 Å². The number of thioether (sulfide) groups is 1. The van der Waals surface area contributed by atoms with Crippen LogP contribution in [-0.4, -0.2) is 29.9 Å². The lowest BCUT2D eigenvalue weighted by atomic mass is 10.3. The molecule has 78 valence electrons. The number of carbonyl (C=O) groups excluding carboxylic acids is 1. The highest BCUT2D eigenvalue weighted by Gasteiger charge is 2.26. The van der Waals surface area contributed by atoms with Crippen molar-refractivity contribution in [2.24, 2.45) is 0 Å². The van der Waals surface area contributed by atoms with Gasteiger partial charge >= 0.3 is 0 Å². The van der Waals surface area contributed by atoms with E-state index in [9.17, 15) is 4.79 Å². The molecule has 1 aliphatic rings. The highest BCUT2D eigenvalue weighted by molar-refractivity contribution is 8.02. The van der Waals surface area contributed by atoms with Gasteiger partial charge in [-0.3, -0.25) is 4.79 Å². The largest absolute Gasteiger partial charge is 0.395 e. The summed E-state index contributed by atoms with van der Waals surface area (Å²) in [5, 5.41) is 17.6. The first-order chi connectivity index (χ1) is 7.26. The number of carbonyl (C=O) groups is 1. The molecular formula is C9H8N2O2S2. The molecule has 0 saturated heterocycles. The normalized spacial score (nSPS) is 14.9. The third-order valence-electron chi connectivity index (χ3n) is 2.03. The topological polar surface area (TPSA) is 64.3 Å². The number of hydrogen-bond donors (Lipinski definition) is 1. The predicted octanol–water partition coefficient (Wildman–Crippen LogP) is 1.05. The molecule has 2 heterocycles. The predicted molar refractivity (Wildman–Crippen MR) is 59.2 cm³/mol. The molecule has 0 saturated carbocycles. The molecule has 15 heavy (non-hydrogen) atoms. The molecule has 0 aliphatic carbocycles. The number of nitrogens with zero attached hydrogens (tertiary/aromatic N) is 2. The van der Waals surface area contributed by atoms with Crippen molar-refractivity contribution in [3.8, 4) is 6.07 Å². The fourth-order valence-corrected chi connectivity index (χ4v) is 3.49. The van der Waals surface area contributed by atoms with Gasteiger partial charge in [-0.25, -0.2) is 0 Å². The summed E-state index contributed by atoms with van der Waals surface area (Å²) in [5.74, 6) is 0.377. The van der Waals surface area contributed by atoms with Gasteiger partial charge in [0.05, 0.1) is 22.3 Å². The lowest BCUT2D eigenvalue weighted by Crippen LogP contribution is -2.36. The van der Waals surface area contributed by atoms with Crippen molar-refractivity contribution in [2.75, 3.05) is 23.8 Å². The van der Waals surface area contributed by atoms with Crippen LogP contribution in [0.25, 0.3) is 0 Å². The van der Waals surface area contributed by atoms with Gasteiger partial charge in [-0.05, 0) is 6.07 Å². The molecule has 1 aromatic heterocycles. The fraction of sp³-hybridized carbons (Fsp3) is 0.333. The molecule has 4 nitrogen and oxygen atoms in total. The second kappa shape index (κ2) is 4.23. The average Bonchev–Trinajstić information content (AvgIpc) is 2.66. The molecule has 0 atom stereocenters. The smallest absolute Gasteiger partial charge is 0.237 e. The monoisotopic (exact) mass is 240 g/mol. The van der Waals surface area contributed by atoms with E-state index in [1.807, 2.05) is 0 Å². The minimum Gasteiger partial charge on any atom is -0.395 e. The van der Waals surface area contributed by atoms with E-state index in [-0.39, 0.29) is 12.5 Å². The lowest BCUT2D eigenvalue weighted by Gasteiger charge is -2.25. The standard InChI is InChI=1S/C9H8N2O2S2/c10-4-6-3-7-9(15-6)14-5-8(13)11(7)1-2-12/h3,12H,1-2,5H2. The third kappa shape index (κ3) is 1.86. The Labute approximate surface area is 95.1 Å². The van der Waals surface area contributed by atoms with Crippen molar-refractivity contribution in [3.05, 3.63) is 10.9 Å². The zero-order valence-electron chi connectivity index (χ0n) is 7.77. The molecule has 0 unspecified atom stereocenters. The lowest BCUT2D eigenvalue weighted by molar-refractivity contribution is -0.116. The first-order valence-corrected chi connectivity index (χ1v) is 6.14.